The van der Waals surface area contributed by atoms with Crippen molar-refractivity contribution in [2.45, 2.75) is 25.7 Å². The van der Waals surface area contributed by atoms with Gasteiger partial charge in [-0.2, -0.15) is 0 Å². The van der Waals surface area contributed by atoms with Crippen LogP contribution < -0.4 is 10.6 Å². The molecule has 108 valence electrons. The summed E-state index contributed by atoms with van der Waals surface area (Å²) < 4.78 is 0. The zero-order chi connectivity index (χ0) is 14.8. The van der Waals surface area contributed by atoms with E-state index in [1.807, 2.05) is 0 Å². The molecule has 2 heterocycles. The molecular formula is C15H14N2O4. The fourth-order valence-electron chi connectivity index (χ4n) is 4.58. The average molecular weight is 286 g/mol. The van der Waals surface area contributed by atoms with Gasteiger partial charge in [0.1, 0.15) is 0 Å². The summed E-state index contributed by atoms with van der Waals surface area (Å²) in [5.74, 6) is -1.19. The molecule has 0 radical (unpaired) electrons. The number of carbonyl (C=O) groups is 4. The molecule has 2 N–H and O–H groups in total. The maximum Gasteiger partial charge on any atom is 0.254 e. The average Bonchev–Trinajstić information content (AvgIpc) is 3.13. The second kappa shape index (κ2) is 3.90. The minimum Gasteiger partial charge on any atom is -0.289 e. The second-order valence-corrected chi connectivity index (χ2v) is 6.35. The molecule has 0 spiro atoms. The number of imide groups is 2. The first-order valence-electron chi connectivity index (χ1n) is 7.14. The number of carbonyl (C=O) groups excluding carboxylic acids is 4. The molecule has 0 saturated heterocycles. The Morgan fingerprint density at radius 1 is 1.00 bits per heavy atom. The molecule has 3 atom stereocenters. The molecule has 0 aromatic heterocycles. The van der Waals surface area contributed by atoms with Gasteiger partial charge in [0.05, 0.1) is 0 Å². The van der Waals surface area contributed by atoms with Gasteiger partial charge in [-0.3, -0.25) is 29.8 Å². The SMILES string of the molecule is O=C1C=C(C2CC3CCC2(C2=CC(=O)NC2=O)C3)C(=O)N1. The van der Waals surface area contributed by atoms with E-state index < -0.39 is 11.3 Å². The van der Waals surface area contributed by atoms with Gasteiger partial charge in [-0.05, 0) is 37.5 Å². The molecule has 2 saturated carbocycles. The van der Waals surface area contributed by atoms with Crippen LogP contribution in [0.4, 0.5) is 0 Å². The maximum absolute atomic E-state index is 12.1. The van der Waals surface area contributed by atoms with Gasteiger partial charge in [-0.1, -0.05) is 0 Å². The molecule has 0 aromatic carbocycles. The van der Waals surface area contributed by atoms with E-state index in [0.717, 1.165) is 25.7 Å². The van der Waals surface area contributed by atoms with Crippen LogP contribution in [0.1, 0.15) is 25.7 Å². The van der Waals surface area contributed by atoms with Crippen LogP contribution in [0, 0.1) is 17.3 Å². The third-order valence-electron chi connectivity index (χ3n) is 5.34. The molecule has 4 rings (SSSR count). The van der Waals surface area contributed by atoms with Crippen molar-refractivity contribution in [2.24, 2.45) is 17.3 Å². The molecule has 3 unspecified atom stereocenters. The molecule has 0 aromatic rings. The Kier molecular flexibility index (Phi) is 2.32. The van der Waals surface area contributed by atoms with Crippen molar-refractivity contribution in [1.82, 2.24) is 10.6 Å². The minimum atomic E-state index is -0.464. The summed E-state index contributed by atoms with van der Waals surface area (Å²) >= 11 is 0. The van der Waals surface area contributed by atoms with E-state index in [1.165, 1.54) is 12.2 Å². The van der Waals surface area contributed by atoms with Crippen LogP contribution in [0.2, 0.25) is 0 Å². The largest absolute Gasteiger partial charge is 0.289 e. The normalized spacial score (nSPS) is 37.7. The molecule has 2 fully saturated rings. The first-order chi connectivity index (χ1) is 9.99. The lowest BCUT2D eigenvalue weighted by Gasteiger charge is -2.35. The first kappa shape index (κ1) is 12.5. The summed E-state index contributed by atoms with van der Waals surface area (Å²) in [4.78, 5) is 46.9. The van der Waals surface area contributed by atoms with Crippen LogP contribution in [-0.2, 0) is 19.2 Å². The smallest absolute Gasteiger partial charge is 0.254 e. The zero-order valence-electron chi connectivity index (χ0n) is 11.3. The maximum atomic E-state index is 12.1. The number of hydrogen-bond donors (Lipinski definition) is 2. The van der Waals surface area contributed by atoms with Crippen molar-refractivity contribution in [2.75, 3.05) is 0 Å². The highest BCUT2D eigenvalue weighted by atomic mass is 16.2. The summed E-state index contributed by atoms with van der Waals surface area (Å²) in [6, 6.07) is 0. The summed E-state index contributed by atoms with van der Waals surface area (Å²) in [6.45, 7) is 0. The molecular weight excluding hydrogens is 272 g/mol. The Balaban J connectivity index is 1.79. The lowest BCUT2D eigenvalue weighted by atomic mass is 9.66. The topological polar surface area (TPSA) is 92.3 Å². The zero-order valence-corrected chi connectivity index (χ0v) is 11.3. The van der Waals surface area contributed by atoms with Crippen molar-refractivity contribution in [3.8, 4) is 0 Å². The Hall–Kier alpha value is -2.24. The Labute approximate surface area is 120 Å². The third-order valence-corrected chi connectivity index (χ3v) is 5.34. The fourth-order valence-corrected chi connectivity index (χ4v) is 4.58. The number of amides is 4. The fraction of sp³-hybridized carbons (Fsp3) is 0.467. The van der Waals surface area contributed by atoms with E-state index in [9.17, 15) is 19.2 Å². The van der Waals surface area contributed by atoms with Gasteiger partial charge < -0.3 is 0 Å². The molecule has 6 nitrogen and oxygen atoms in total. The lowest BCUT2D eigenvalue weighted by Crippen LogP contribution is -2.36. The Morgan fingerprint density at radius 3 is 2.29 bits per heavy atom. The van der Waals surface area contributed by atoms with Gasteiger partial charge in [0.15, 0.2) is 0 Å². The number of hydrogen-bond acceptors (Lipinski definition) is 4. The van der Waals surface area contributed by atoms with Crippen LogP contribution in [-0.4, -0.2) is 23.6 Å². The predicted molar refractivity (Wildman–Crippen MR) is 70.3 cm³/mol. The lowest BCUT2D eigenvalue weighted by molar-refractivity contribution is -0.126. The van der Waals surface area contributed by atoms with Crippen LogP contribution in [0.15, 0.2) is 23.3 Å². The third kappa shape index (κ3) is 1.58. The van der Waals surface area contributed by atoms with Crippen LogP contribution >= 0.6 is 0 Å². The highest BCUT2D eigenvalue weighted by molar-refractivity contribution is 6.18. The summed E-state index contributed by atoms with van der Waals surface area (Å²) in [7, 11) is 0. The molecule has 2 aliphatic carbocycles. The molecule has 6 heteroatoms. The van der Waals surface area contributed by atoms with Crippen molar-refractivity contribution in [1.29, 1.82) is 0 Å². The number of fused-ring (bicyclic) bond motifs is 2. The number of rotatable bonds is 2. The summed E-state index contributed by atoms with van der Waals surface area (Å²) in [5.41, 5.74) is 0.495. The highest BCUT2D eigenvalue weighted by Crippen LogP contribution is 2.63. The van der Waals surface area contributed by atoms with Gasteiger partial charge in [0.25, 0.3) is 23.6 Å². The molecule has 2 aliphatic heterocycles. The monoisotopic (exact) mass is 286 g/mol. The minimum absolute atomic E-state index is 0.148. The van der Waals surface area contributed by atoms with Gasteiger partial charge >= 0.3 is 0 Å². The molecule has 21 heavy (non-hydrogen) atoms. The molecule has 4 aliphatic rings. The van der Waals surface area contributed by atoms with E-state index in [1.54, 1.807) is 0 Å². The van der Waals surface area contributed by atoms with Gasteiger partial charge in [0.2, 0.25) is 0 Å². The van der Waals surface area contributed by atoms with Gasteiger partial charge in [-0.15, -0.1) is 0 Å². The van der Waals surface area contributed by atoms with Crippen LogP contribution in [0.25, 0.3) is 0 Å². The van der Waals surface area contributed by atoms with Crippen molar-refractivity contribution in [3.63, 3.8) is 0 Å². The van der Waals surface area contributed by atoms with E-state index in [-0.39, 0.29) is 23.6 Å². The van der Waals surface area contributed by atoms with E-state index in [4.69, 9.17) is 0 Å². The van der Waals surface area contributed by atoms with Crippen LogP contribution in [0.3, 0.4) is 0 Å². The molecule has 2 bridgehead atoms. The summed E-state index contributed by atoms with van der Waals surface area (Å²) in [5, 5.41) is 4.57. The van der Waals surface area contributed by atoms with Crippen molar-refractivity contribution < 1.29 is 19.2 Å². The van der Waals surface area contributed by atoms with Crippen LogP contribution in [0.5, 0.6) is 0 Å². The Morgan fingerprint density at radius 2 is 1.71 bits per heavy atom. The number of nitrogens with one attached hydrogen (secondary N) is 2. The Bertz CT molecular complexity index is 675. The van der Waals surface area contributed by atoms with Gasteiger partial charge in [-0.25, -0.2) is 0 Å². The quantitative estimate of drug-likeness (QED) is 0.697. The van der Waals surface area contributed by atoms with Crippen molar-refractivity contribution in [3.05, 3.63) is 23.3 Å². The standard InChI is InChI=1S/C15H14N2O4/c18-11-4-8(13(20)16-11)9-3-7-1-2-15(9,6-7)10-5-12(19)17-14(10)21/h4-5,7,9H,1-3,6H2,(H,16,18,20)(H,17,19,21). The molecule has 4 amide bonds. The summed E-state index contributed by atoms with van der Waals surface area (Å²) in [6.07, 6.45) is 6.11. The van der Waals surface area contributed by atoms with E-state index in [2.05, 4.69) is 10.6 Å². The first-order valence-corrected chi connectivity index (χ1v) is 7.14. The van der Waals surface area contributed by atoms with E-state index in [0.29, 0.717) is 17.1 Å². The van der Waals surface area contributed by atoms with Gasteiger partial charge in [0, 0.05) is 28.7 Å². The van der Waals surface area contributed by atoms with Crippen molar-refractivity contribution >= 4 is 23.6 Å². The highest BCUT2D eigenvalue weighted by Gasteiger charge is 2.58. The predicted octanol–water partition coefficient (Wildman–Crippen LogP) is -0.0416. The van der Waals surface area contributed by atoms with E-state index >= 15 is 0 Å². The second-order valence-electron chi connectivity index (χ2n) is 6.35.